The van der Waals surface area contributed by atoms with Crippen molar-refractivity contribution in [3.8, 4) is 11.8 Å². The van der Waals surface area contributed by atoms with E-state index in [1.54, 1.807) is 18.2 Å². The molecule has 1 aromatic carbocycles. The molecule has 9 heteroatoms. The molecule has 2 aliphatic heterocycles. The van der Waals surface area contributed by atoms with E-state index in [9.17, 15) is 19.2 Å². The third kappa shape index (κ3) is 4.28. The molecule has 9 nitrogen and oxygen atoms in total. The highest BCUT2D eigenvalue weighted by molar-refractivity contribution is 6.24. The molecule has 29 heavy (non-hydrogen) atoms. The van der Waals surface area contributed by atoms with Gasteiger partial charge < -0.3 is 0 Å². The normalized spacial score (nSPS) is 17.9. The van der Waals surface area contributed by atoms with Gasteiger partial charge in [-0.3, -0.25) is 29.4 Å². The van der Waals surface area contributed by atoms with Gasteiger partial charge in [0.2, 0.25) is 11.8 Å². The molecule has 2 aliphatic rings. The maximum absolute atomic E-state index is 12.9. The van der Waals surface area contributed by atoms with E-state index in [1.807, 2.05) is 0 Å². The highest BCUT2D eigenvalue weighted by Gasteiger charge is 2.45. The summed E-state index contributed by atoms with van der Waals surface area (Å²) in [5.41, 5.74) is 9.10. The van der Waals surface area contributed by atoms with Gasteiger partial charge in [0, 0.05) is 29.9 Å². The molecule has 0 saturated carbocycles. The Morgan fingerprint density at radius 3 is 2.76 bits per heavy atom. The number of nitrogens with zero attached hydrogens (tertiary/aromatic N) is 4. The molecule has 0 radical (unpaired) electrons. The second-order valence-electron chi connectivity index (χ2n) is 6.74. The summed E-state index contributed by atoms with van der Waals surface area (Å²) >= 11 is 0. The zero-order chi connectivity index (χ0) is 20.8. The van der Waals surface area contributed by atoms with Gasteiger partial charge in [-0.15, -0.1) is 0 Å². The van der Waals surface area contributed by atoms with Crippen molar-refractivity contribution in [3.63, 3.8) is 0 Å². The van der Waals surface area contributed by atoms with E-state index < -0.39 is 29.7 Å². The second kappa shape index (κ2) is 9.04. The van der Waals surface area contributed by atoms with Crippen molar-refractivity contribution in [3.05, 3.63) is 45.3 Å². The molecule has 148 valence electrons. The Morgan fingerprint density at radius 1 is 1.17 bits per heavy atom. The summed E-state index contributed by atoms with van der Waals surface area (Å²) in [4.78, 5) is 52.8. The van der Waals surface area contributed by atoms with Crippen molar-refractivity contribution < 1.29 is 19.2 Å². The minimum absolute atomic E-state index is 0.0795. The first kappa shape index (κ1) is 20.1. The van der Waals surface area contributed by atoms with Gasteiger partial charge in [-0.2, -0.15) is 0 Å². The number of hydrogen-bond donors (Lipinski definition) is 1. The van der Waals surface area contributed by atoms with Crippen LogP contribution in [0.5, 0.6) is 0 Å². The van der Waals surface area contributed by atoms with Gasteiger partial charge in [0.05, 0.1) is 11.1 Å². The van der Waals surface area contributed by atoms with Gasteiger partial charge in [-0.05, 0) is 36.9 Å². The van der Waals surface area contributed by atoms with E-state index in [2.05, 4.69) is 27.2 Å². The highest BCUT2D eigenvalue weighted by atomic mass is 16.2. The molecule has 3 rings (SSSR count). The van der Waals surface area contributed by atoms with Gasteiger partial charge in [0.25, 0.3) is 11.8 Å². The minimum Gasteiger partial charge on any atom is -0.295 e. The first-order valence-corrected chi connectivity index (χ1v) is 9.39. The number of piperidine rings is 1. The number of rotatable bonds is 6. The second-order valence-corrected chi connectivity index (χ2v) is 6.74. The Kier molecular flexibility index (Phi) is 6.27. The maximum atomic E-state index is 12.9. The number of amides is 4. The van der Waals surface area contributed by atoms with E-state index in [-0.39, 0.29) is 24.0 Å². The maximum Gasteiger partial charge on any atom is 0.263 e. The van der Waals surface area contributed by atoms with Crippen molar-refractivity contribution in [1.82, 2.24) is 10.2 Å². The number of imide groups is 2. The molecule has 1 N–H and O–H groups in total. The minimum atomic E-state index is -0.989. The zero-order valence-corrected chi connectivity index (χ0v) is 15.7. The van der Waals surface area contributed by atoms with Crippen LogP contribution in [0.25, 0.3) is 10.4 Å². The Morgan fingerprint density at radius 2 is 2.00 bits per heavy atom. The summed E-state index contributed by atoms with van der Waals surface area (Å²) in [6.45, 7) is 0.461. The largest absolute Gasteiger partial charge is 0.295 e. The van der Waals surface area contributed by atoms with Crippen LogP contribution in [0.3, 0.4) is 0 Å². The van der Waals surface area contributed by atoms with E-state index in [0.29, 0.717) is 18.5 Å². The molecule has 0 aromatic heterocycles. The predicted molar refractivity (Wildman–Crippen MR) is 102 cm³/mol. The Hall–Kier alpha value is -3.63. The molecule has 2 heterocycles. The SMILES string of the molecule is [N-]=[N+]=NCCCCCC#Cc1cccc2c1C(=O)N(C1CCC(=O)NC1=O)C2=O. The predicted octanol–water partition coefficient (Wildman–Crippen LogP) is 2.31. The fourth-order valence-corrected chi connectivity index (χ4v) is 3.39. The lowest BCUT2D eigenvalue weighted by molar-refractivity contribution is -0.136. The van der Waals surface area contributed by atoms with Crippen molar-refractivity contribution >= 4 is 23.6 Å². The fourth-order valence-electron chi connectivity index (χ4n) is 3.39. The average molecular weight is 393 g/mol. The van der Waals surface area contributed by atoms with Crippen molar-refractivity contribution in [1.29, 1.82) is 0 Å². The highest BCUT2D eigenvalue weighted by Crippen LogP contribution is 2.29. The Balaban J connectivity index is 1.72. The summed E-state index contributed by atoms with van der Waals surface area (Å²) in [6.07, 6.45) is 3.31. The van der Waals surface area contributed by atoms with Crippen LogP contribution in [-0.2, 0) is 9.59 Å². The lowest BCUT2D eigenvalue weighted by Gasteiger charge is -2.27. The molecule has 0 spiro atoms. The van der Waals surface area contributed by atoms with Crippen molar-refractivity contribution in [2.24, 2.45) is 5.11 Å². The third-order valence-electron chi connectivity index (χ3n) is 4.81. The topological polar surface area (TPSA) is 132 Å². The van der Waals surface area contributed by atoms with Gasteiger partial charge >= 0.3 is 0 Å². The van der Waals surface area contributed by atoms with Crippen LogP contribution >= 0.6 is 0 Å². The van der Waals surface area contributed by atoms with E-state index in [0.717, 1.165) is 24.2 Å². The molecule has 1 fully saturated rings. The van der Waals surface area contributed by atoms with Gasteiger partial charge in [-0.1, -0.05) is 29.4 Å². The van der Waals surface area contributed by atoms with Crippen LogP contribution in [-0.4, -0.2) is 41.1 Å². The first-order chi connectivity index (χ1) is 14.0. The number of carbonyl (C=O) groups excluding carboxylic acids is 4. The van der Waals surface area contributed by atoms with Crippen molar-refractivity contribution in [2.75, 3.05) is 6.54 Å². The van der Waals surface area contributed by atoms with E-state index >= 15 is 0 Å². The standard InChI is InChI=1S/C20H19N5O4/c21-24-22-12-5-3-1-2-4-7-13-8-6-9-14-17(13)20(29)25(19(14)28)15-10-11-16(26)23-18(15)27/h6,8-9,15H,1-3,5,10-12H2,(H,23,26,27). The summed E-state index contributed by atoms with van der Waals surface area (Å²) in [5.74, 6) is 3.82. The number of azide groups is 1. The van der Waals surface area contributed by atoms with Crippen molar-refractivity contribution in [2.45, 2.75) is 44.6 Å². The number of nitrogens with one attached hydrogen (secondary N) is 1. The van der Waals surface area contributed by atoms with Crippen LogP contribution in [0.1, 0.15) is 64.8 Å². The number of fused-ring (bicyclic) bond motifs is 1. The smallest absolute Gasteiger partial charge is 0.263 e. The summed E-state index contributed by atoms with van der Waals surface area (Å²) in [6, 6.07) is 3.88. The number of benzene rings is 1. The van der Waals surface area contributed by atoms with Crippen LogP contribution in [0.2, 0.25) is 0 Å². The molecule has 4 amide bonds. The molecular weight excluding hydrogens is 374 g/mol. The van der Waals surface area contributed by atoms with Crippen LogP contribution < -0.4 is 5.32 Å². The molecular formula is C20H19N5O4. The fraction of sp³-hybridized carbons (Fsp3) is 0.400. The quantitative estimate of drug-likeness (QED) is 0.198. The Bertz CT molecular complexity index is 984. The average Bonchev–Trinajstić information content (AvgIpc) is 2.95. The third-order valence-corrected chi connectivity index (χ3v) is 4.81. The van der Waals surface area contributed by atoms with Gasteiger partial charge in [0.15, 0.2) is 0 Å². The first-order valence-electron chi connectivity index (χ1n) is 9.39. The number of unbranched alkanes of at least 4 members (excludes halogenated alkanes) is 3. The Labute approximate surface area is 167 Å². The lowest BCUT2D eigenvalue weighted by Crippen LogP contribution is -2.54. The van der Waals surface area contributed by atoms with Crippen LogP contribution in [0.15, 0.2) is 23.3 Å². The molecule has 1 saturated heterocycles. The van der Waals surface area contributed by atoms with Gasteiger partial charge in [-0.25, -0.2) is 0 Å². The number of hydrogen-bond acceptors (Lipinski definition) is 5. The monoisotopic (exact) mass is 393 g/mol. The molecule has 0 bridgehead atoms. The zero-order valence-electron chi connectivity index (χ0n) is 15.7. The summed E-state index contributed by atoms with van der Waals surface area (Å²) < 4.78 is 0. The van der Waals surface area contributed by atoms with E-state index in [1.165, 1.54) is 0 Å². The molecule has 1 aromatic rings. The number of carbonyl (C=O) groups is 4. The molecule has 1 atom stereocenters. The van der Waals surface area contributed by atoms with Crippen LogP contribution in [0, 0.1) is 11.8 Å². The van der Waals surface area contributed by atoms with E-state index in [4.69, 9.17) is 5.53 Å². The summed E-state index contributed by atoms with van der Waals surface area (Å²) in [7, 11) is 0. The molecule has 0 aliphatic carbocycles. The lowest BCUT2D eigenvalue weighted by atomic mass is 10.0. The summed E-state index contributed by atoms with van der Waals surface area (Å²) in [5, 5.41) is 5.65. The molecule has 1 unspecified atom stereocenters. The van der Waals surface area contributed by atoms with Gasteiger partial charge in [0.1, 0.15) is 6.04 Å². The van der Waals surface area contributed by atoms with Crippen LogP contribution in [0.4, 0.5) is 0 Å².